The maximum atomic E-state index is 13.6. The summed E-state index contributed by atoms with van der Waals surface area (Å²) in [6, 6.07) is 5.28. The van der Waals surface area contributed by atoms with E-state index >= 15 is 0 Å². The number of carbonyl (C=O) groups excluding carboxylic acids is 3. The van der Waals surface area contributed by atoms with Gasteiger partial charge in [-0.15, -0.1) is 0 Å². The van der Waals surface area contributed by atoms with Crippen LogP contribution in [0.3, 0.4) is 0 Å². The standard InChI is InChI=1S/C25H30O6/c1-23(2)10-15(26)21-18(11-23)31-25(19(27)12-24(3,4)13-20(25)28)22(21)14-7-8-16(29-5)17(9-14)30-6/h7-9,22H,10-13H2,1-6H3. The van der Waals surface area contributed by atoms with Crippen LogP contribution in [0, 0.1) is 10.8 Å². The maximum absolute atomic E-state index is 13.6. The summed E-state index contributed by atoms with van der Waals surface area (Å²) in [5, 5.41) is 0. The quantitative estimate of drug-likeness (QED) is 0.676. The van der Waals surface area contributed by atoms with Gasteiger partial charge in [0.05, 0.1) is 20.1 Å². The van der Waals surface area contributed by atoms with Crippen molar-refractivity contribution in [3.05, 3.63) is 35.1 Å². The zero-order valence-electron chi connectivity index (χ0n) is 19.1. The SMILES string of the molecule is COc1ccc(C2C3=C(CC(C)(C)CC3=O)OC23C(=O)CC(C)(C)CC3=O)cc1OC. The third kappa shape index (κ3) is 3.27. The molecule has 1 fully saturated rings. The average Bonchev–Trinajstić information content (AvgIpc) is 3.00. The molecule has 166 valence electrons. The van der Waals surface area contributed by atoms with Gasteiger partial charge in [-0.1, -0.05) is 33.8 Å². The number of hydrogen-bond donors (Lipinski definition) is 0. The van der Waals surface area contributed by atoms with Crippen LogP contribution < -0.4 is 9.47 Å². The van der Waals surface area contributed by atoms with Crippen LogP contribution >= 0.6 is 0 Å². The van der Waals surface area contributed by atoms with E-state index in [9.17, 15) is 14.4 Å². The predicted molar refractivity (Wildman–Crippen MR) is 114 cm³/mol. The number of carbonyl (C=O) groups is 3. The Labute approximate surface area is 182 Å². The molecule has 3 aliphatic rings. The van der Waals surface area contributed by atoms with Gasteiger partial charge >= 0.3 is 0 Å². The van der Waals surface area contributed by atoms with Crippen LogP contribution in [-0.4, -0.2) is 37.2 Å². The highest BCUT2D eigenvalue weighted by molar-refractivity contribution is 6.17. The van der Waals surface area contributed by atoms with Gasteiger partial charge in [0.2, 0.25) is 5.60 Å². The van der Waals surface area contributed by atoms with E-state index in [-0.39, 0.29) is 35.6 Å². The van der Waals surface area contributed by atoms with Crippen molar-refractivity contribution in [1.82, 2.24) is 0 Å². The van der Waals surface area contributed by atoms with Crippen LogP contribution in [-0.2, 0) is 19.1 Å². The fourth-order valence-corrected chi connectivity index (χ4v) is 5.37. The summed E-state index contributed by atoms with van der Waals surface area (Å²) in [5.41, 5.74) is -1.29. The van der Waals surface area contributed by atoms with Crippen LogP contribution in [0.4, 0.5) is 0 Å². The van der Waals surface area contributed by atoms with Crippen LogP contribution in [0.25, 0.3) is 0 Å². The first kappa shape index (κ1) is 21.6. The lowest BCUT2D eigenvalue weighted by atomic mass is 9.61. The molecular weight excluding hydrogens is 396 g/mol. The molecule has 6 nitrogen and oxygen atoms in total. The smallest absolute Gasteiger partial charge is 0.234 e. The Morgan fingerprint density at radius 2 is 1.42 bits per heavy atom. The van der Waals surface area contributed by atoms with E-state index < -0.39 is 16.9 Å². The minimum absolute atomic E-state index is 0.0617. The van der Waals surface area contributed by atoms with E-state index in [2.05, 4.69) is 0 Å². The minimum Gasteiger partial charge on any atom is -0.493 e. The molecule has 1 aliphatic heterocycles. The van der Waals surface area contributed by atoms with Crippen LogP contribution in [0.5, 0.6) is 11.5 Å². The molecule has 0 bridgehead atoms. The fraction of sp³-hybridized carbons (Fsp3) is 0.560. The second-order valence-electron chi connectivity index (χ2n) is 10.5. The minimum atomic E-state index is -1.68. The monoisotopic (exact) mass is 426 g/mol. The first-order chi connectivity index (χ1) is 14.4. The summed E-state index contributed by atoms with van der Waals surface area (Å²) in [5.74, 6) is 0.149. The van der Waals surface area contributed by atoms with Crippen molar-refractivity contribution in [2.24, 2.45) is 10.8 Å². The molecule has 0 saturated heterocycles. The Hall–Kier alpha value is -2.63. The van der Waals surface area contributed by atoms with Crippen molar-refractivity contribution in [3.8, 4) is 11.5 Å². The molecule has 0 radical (unpaired) electrons. The number of allylic oxidation sites excluding steroid dienone is 1. The van der Waals surface area contributed by atoms with Crippen molar-refractivity contribution < 1.29 is 28.6 Å². The highest BCUT2D eigenvalue weighted by atomic mass is 16.5. The molecule has 4 rings (SSSR count). The van der Waals surface area contributed by atoms with E-state index in [1.165, 1.54) is 7.11 Å². The molecule has 1 atom stereocenters. The van der Waals surface area contributed by atoms with E-state index in [0.29, 0.717) is 41.2 Å². The molecule has 1 spiro atoms. The number of benzene rings is 1. The van der Waals surface area contributed by atoms with Gasteiger partial charge < -0.3 is 14.2 Å². The molecule has 1 saturated carbocycles. The lowest BCUT2D eigenvalue weighted by molar-refractivity contribution is -0.160. The van der Waals surface area contributed by atoms with Crippen LogP contribution in [0.1, 0.15) is 64.9 Å². The Bertz CT molecular complexity index is 993. The Balaban J connectivity index is 1.92. The molecule has 0 aromatic heterocycles. The molecule has 1 aromatic carbocycles. The van der Waals surface area contributed by atoms with Crippen molar-refractivity contribution in [2.75, 3.05) is 14.2 Å². The van der Waals surface area contributed by atoms with Gasteiger partial charge in [0.1, 0.15) is 5.76 Å². The second-order valence-corrected chi connectivity index (χ2v) is 10.5. The zero-order valence-corrected chi connectivity index (χ0v) is 19.1. The molecule has 1 unspecified atom stereocenters. The van der Waals surface area contributed by atoms with E-state index in [1.54, 1.807) is 25.3 Å². The number of ketones is 3. The van der Waals surface area contributed by atoms with Gasteiger partial charge in [0.25, 0.3) is 0 Å². The first-order valence-electron chi connectivity index (χ1n) is 10.7. The first-order valence-corrected chi connectivity index (χ1v) is 10.7. The largest absolute Gasteiger partial charge is 0.493 e. The summed E-state index contributed by atoms with van der Waals surface area (Å²) in [6.07, 6.45) is 1.31. The number of rotatable bonds is 3. The van der Waals surface area contributed by atoms with Crippen LogP contribution in [0.2, 0.25) is 0 Å². The van der Waals surface area contributed by atoms with E-state index in [1.807, 2.05) is 27.7 Å². The molecular formula is C25H30O6. The Morgan fingerprint density at radius 3 is 2.00 bits per heavy atom. The van der Waals surface area contributed by atoms with E-state index in [4.69, 9.17) is 14.2 Å². The van der Waals surface area contributed by atoms with Crippen molar-refractivity contribution >= 4 is 17.3 Å². The summed E-state index contributed by atoms with van der Waals surface area (Å²) >= 11 is 0. The number of ether oxygens (including phenoxy) is 3. The van der Waals surface area contributed by atoms with Crippen molar-refractivity contribution in [2.45, 2.75) is 64.9 Å². The van der Waals surface area contributed by atoms with Gasteiger partial charge in [-0.05, 0) is 28.5 Å². The highest BCUT2D eigenvalue weighted by Gasteiger charge is 2.65. The van der Waals surface area contributed by atoms with Crippen LogP contribution in [0.15, 0.2) is 29.5 Å². The summed E-state index contributed by atoms with van der Waals surface area (Å²) in [7, 11) is 3.07. The topological polar surface area (TPSA) is 78.9 Å². The Morgan fingerprint density at radius 1 is 0.839 bits per heavy atom. The molecule has 0 N–H and O–H groups in total. The number of methoxy groups -OCH3 is 2. The predicted octanol–water partition coefficient (Wildman–Crippen LogP) is 4.16. The van der Waals surface area contributed by atoms with E-state index in [0.717, 1.165) is 0 Å². The van der Waals surface area contributed by atoms with Gasteiger partial charge in [-0.2, -0.15) is 0 Å². The highest BCUT2D eigenvalue weighted by Crippen LogP contribution is 2.57. The molecule has 1 aromatic rings. The summed E-state index contributed by atoms with van der Waals surface area (Å²) in [6.45, 7) is 7.83. The summed E-state index contributed by atoms with van der Waals surface area (Å²) in [4.78, 5) is 40.5. The average molecular weight is 427 g/mol. The fourth-order valence-electron chi connectivity index (χ4n) is 5.37. The van der Waals surface area contributed by atoms with Gasteiger partial charge in [0.15, 0.2) is 28.8 Å². The maximum Gasteiger partial charge on any atom is 0.234 e. The van der Waals surface area contributed by atoms with Gasteiger partial charge in [-0.3, -0.25) is 14.4 Å². The van der Waals surface area contributed by atoms with Gasteiger partial charge in [0, 0.05) is 31.3 Å². The lowest BCUT2D eigenvalue weighted by Gasteiger charge is -2.41. The van der Waals surface area contributed by atoms with Gasteiger partial charge in [-0.25, -0.2) is 0 Å². The second kappa shape index (κ2) is 6.94. The number of hydrogen-bond acceptors (Lipinski definition) is 6. The molecule has 31 heavy (non-hydrogen) atoms. The third-order valence-electron chi connectivity index (χ3n) is 6.71. The Kier molecular flexibility index (Phi) is 4.83. The van der Waals surface area contributed by atoms with Crippen molar-refractivity contribution in [3.63, 3.8) is 0 Å². The zero-order chi connectivity index (χ0) is 22.8. The molecule has 6 heteroatoms. The van der Waals surface area contributed by atoms with Crippen molar-refractivity contribution in [1.29, 1.82) is 0 Å². The molecule has 2 aliphatic carbocycles. The molecule has 0 amide bonds. The number of Topliss-reactive ketones (excluding diaryl/α,β-unsaturated/α-hetero) is 3. The lowest BCUT2D eigenvalue weighted by Crippen LogP contribution is -2.57. The normalized spacial score (nSPS) is 26.0. The summed E-state index contributed by atoms with van der Waals surface area (Å²) < 4.78 is 17.1. The molecule has 1 heterocycles. The third-order valence-corrected chi connectivity index (χ3v) is 6.71.